The summed E-state index contributed by atoms with van der Waals surface area (Å²) in [6.07, 6.45) is 1.94. The summed E-state index contributed by atoms with van der Waals surface area (Å²) < 4.78 is 5.75. The van der Waals surface area contributed by atoms with Crippen LogP contribution < -0.4 is 14.5 Å². The molecular formula is C24H29N3O3. The average Bonchev–Trinajstić information content (AvgIpc) is 3.21. The summed E-state index contributed by atoms with van der Waals surface area (Å²) in [5.74, 6) is 1.23. The SMILES string of the molecule is CCOc1ccccc1N1CCN(C(=O)Cc2ccc(N3CCCC3=O)cc2)CC1. The molecule has 158 valence electrons. The van der Waals surface area contributed by atoms with Crippen LogP contribution in [0.15, 0.2) is 48.5 Å². The molecule has 0 radical (unpaired) electrons. The van der Waals surface area contributed by atoms with Gasteiger partial charge in [0.15, 0.2) is 0 Å². The third kappa shape index (κ3) is 4.42. The lowest BCUT2D eigenvalue weighted by Crippen LogP contribution is -2.49. The molecule has 30 heavy (non-hydrogen) atoms. The number of ether oxygens (including phenoxy) is 1. The van der Waals surface area contributed by atoms with Crippen molar-refractivity contribution in [2.45, 2.75) is 26.2 Å². The van der Waals surface area contributed by atoms with Crippen LogP contribution in [0.1, 0.15) is 25.3 Å². The Labute approximate surface area is 178 Å². The highest BCUT2D eigenvalue weighted by atomic mass is 16.5. The molecule has 2 amide bonds. The van der Waals surface area contributed by atoms with E-state index in [4.69, 9.17) is 4.74 Å². The molecule has 0 N–H and O–H groups in total. The van der Waals surface area contributed by atoms with Gasteiger partial charge in [0.2, 0.25) is 11.8 Å². The van der Waals surface area contributed by atoms with Crippen LogP contribution >= 0.6 is 0 Å². The zero-order chi connectivity index (χ0) is 20.9. The summed E-state index contributed by atoms with van der Waals surface area (Å²) in [4.78, 5) is 30.7. The number of para-hydroxylation sites is 2. The lowest BCUT2D eigenvalue weighted by Gasteiger charge is -2.36. The minimum atomic E-state index is 0.151. The number of rotatable bonds is 6. The van der Waals surface area contributed by atoms with Gasteiger partial charge in [0, 0.05) is 44.8 Å². The van der Waals surface area contributed by atoms with Crippen molar-refractivity contribution in [1.82, 2.24) is 4.90 Å². The molecular weight excluding hydrogens is 378 g/mol. The second-order valence-corrected chi connectivity index (χ2v) is 7.76. The van der Waals surface area contributed by atoms with Crippen LogP contribution in [0.2, 0.25) is 0 Å². The van der Waals surface area contributed by atoms with Gasteiger partial charge in [0.05, 0.1) is 18.7 Å². The Morgan fingerprint density at radius 1 is 0.967 bits per heavy atom. The van der Waals surface area contributed by atoms with Gasteiger partial charge in [0.1, 0.15) is 5.75 Å². The Bertz CT molecular complexity index is 889. The van der Waals surface area contributed by atoms with E-state index in [9.17, 15) is 9.59 Å². The number of nitrogens with zero attached hydrogens (tertiary/aromatic N) is 3. The van der Waals surface area contributed by atoms with E-state index in [2.05, 4.69) is 11.0 Å². The first-order valence-corrected chi connectivity index (χ1v) is 10.8. The van der Waals surface area contributed by atoms with Crippen LogP contribution in [0.3, 0.4) is 0 Å². The smallest absolute Gasteiger partial charge is 0.227 e. The second-order valence-electron chi connectivity index (χ2n) is 7.76. The second kappa shape index (κ2) is 9.20. The van der Waals surface area contributed by atoms with Crippen LogP contribution in [0.25, 0.3) is 0 Å². The molecule has 4 rings (SSSR count). The van der Waals surface area contributed by atoms with Gasteiger partial charge in [-0.25, -0.2) is 0 Å². The third-order valence-electron chi connectivity index (χ3n) is 5.81. The molecule has 6 heteroatoms. The van der Waals surface area contributed by atoms with E-state index in [0.717, 1.165) is 48.7 Å². The van der Waals surface area contributed by atoms with Crippen LogP contribution in [-0.2, 0) is 16.0 Å². The molecule has 0 aromatic heterocycles. The molecule has 2 fully saturated rings. The number of piperazine rings is 1. The van der Waals surface area contributed by atoms with E-state index >= 15 is 0 Å². The van der Waals surface area contributed by atoms with Crippen LogP contribution in [0, 0.1) is 0 Å². The highest BCUT2D eigenvalue weighted by Gasteiger charge is 2.24. The predicted molar refractivity (Wildman–Crippen MR) is 118 cm³/mol. The normalized spacial score (nSPS) is 16.8. The lowest BCUT2D eigenvalue weighted by molar-refractivity contribution is -0.130. The fourth-order valence-electron chi connectivity index (χ4n) is 4.19. The standard InChI is InChI=1S/C24H29N3O3/c1-2-30-22-7-4-3-6-21(22)25-14-16-26(17-15-25)24(29)18-19-9-11-20(12-10-19)27-13-5-8-23(27)28/h3-4,6-7,9-12H,2,5,8,13-18H2,1H3. The molecule has 2 aromatic carbocycles. The Morgan fingerprint density at radius 3 is 2.37 bits per heavy atom. The quantitative estimate of drug-likeness (QED) is 0.738. The Hall–Kier alpha value is -3.02. The Morgan fingerprint density at radius 2 is 1.70 bits per heavy atom. The number of amides is 2. The lowest BCUT2D eigenvalue weighted by atomic mass is 10.1. The fourth-order valence-corrected chi connectivity index (χ4v) is 4.19. The van der Waals surface area contributed by atoms with Crippen LogP contribution in [0.5, 0.6) is 5.75 Å². The minimum absolute atomic E-state index is 0.151. The molecule has 2 aromatic rings. The zero-order valence-corrected chi connectivity index (χ0v) is 17.5. The van der Waals surface area contributed by atoms with E-state index in [1.807, 2.05) is 59.2 Å². The monoisotopic (exact) mass is 407 g/mol. The molecule has 0 spiro atoms. The van der Waals surface area contributed by atoms with E-state index in [0.29, 0.717) is 32.5 Å². The number of benzene rings is 2. The van der Waals surface area contributed by atoms with Crippen molar-refractivity contribution in [3.05, 3.63) is 54.1 Å². The predicted octanol–water partition coefficient (Wildman–Crippen LogP) is 3.10. The number of carbonyl (C=O) groups excluding carboxylic acids is 2. The van der Waals surface area contributed by atoms with Gasteiger partial charge in [-0.3, -0.25) is 9.59 Å². The van der Waals surface area contributed by atoms with E-state index < -0.39 is 0 Å². The van der Waals surface area contributed by atoms with Crippen molar-refractivity contribution in [2.75, 3.05) is 49.1 Å². The van der Waals surface area contributed by atoms with Crippen molar-refractivity contribution in [1.29, 1.82) is 0 Å². The maximum absolute atomic E-state index is 12.8. The number of hydrogen-bond acceptors (Lipinski definition) is 4. The molecule has 2 saturated heterocycles. The molecule has 0 aliphatic carbocycles. The third-order valence-corrected chi connectivity index (χ3v) is 5.81. The summed E-state index contributed by atoms with van der Waals surface area (Å²) in [5, 5.41) is 0. The maximum atomic E-state index is 12.8. The van der Waals surface area contributed by atoms with Gasteiger partial charge in [0.25, 0.3) is 0 Å². The van der Waals surface area contributed by atoms with Crippen molar-refractivity contribution in [3.63, 3.8) is 0 Å². The van der Waals surface area contributed by atoms with Gasteiger partial charge >= 0.3 is 0 Å². The average molecular weight is 408 g/mol. The fraction of sp³-hybridized carbons (Fsp3) is 0.417. The molecule has 0 saturated carbocycles. The van der Waals surface area contributed by atoms with Crippen molar-refractivity contribution < 1.29 is 14.3 Å². The van der Waals surface area contributed by atoms with Crippen molar-refractivity contribution >= 4 is 23.2 Å². The van der Waals surface area contributed by atoms with Gasteiger partial charge in [-0.2, -0.15) is 0 Å². The topological polar surface area (TPSA) is 53.1 Å². The molecule has 2 aliphatic heterocycles. The Balaban J connectivity index is 1.32. The van der Waals surface area contributed by atoms with Gasteiger partial charge in [-0.15, -0.1) is 0 Å². The first-order chi connectivity index (χ1) is 14.7. The van der Waals surface area contributed by atoms with Crippen molar-refractivity contribution in [2.24, 2.45) is 0 Å². The molecule has 2 heterocycles. The zero-order valence-electron chi connectivity index (χ0n) is 17.5. The van der Waals surface area contributed by atoms with Crippen molar-refractivity contribution in [3.8, 4) is 5.75 Å². The summed E-state index contributed by atoms with van der Waals surface area (Å²) in [6.45, 7) is 6.42. The minimum Gasteiger partial charge on any atom is -0.492 e. The maximum Gasteiger partial charge on any atom is 0.227 e. The molecule has 0 unspecified atom stereocenters. The molecule has 2 aliphatic rings. The molecule has 6 nitrogen and oxygen atoms in total. The number of anilines is 2. The first-order valence-electron chi connectivity index (χ1n) is 10.8. The summed E-state index contributed by atoms with van der Waals surface area (Å²) >= 11 is 0. The van der Waals surface area contributed by atoms with Crippen LogP contribution in [-0.4, -0.2) is 56.0 Å². The molecule has 0 bridgehead atoms. The first kappa shape index (κ1) is 20.3. The Kier molecular flexibility index (Phi) is 6.21. The summed E-state index contributed by atoms with van der Waals surface area (Å²) in [5.41, 5.74) is 3.01. The summed E-state index contributed by atoms with van der Waals surface area (Å²) in [7, 11) is 0. The van der Waals surface area contributed by atoms with Gasteiger partial charge in [-0.1, -0.05) is 24.3 Å². The number of hydrogen-bond donors (Lipinski definition) is 0. The van der Waals surface area contributed by atoms with E-state index in [1.54, 1.807) is 0 Å². The highest BCUT2D eigenvalue weighted by molar-refractivity contribution is 5.95. The molecule has 0 atom stereocenters. The van der Waals surface area contributed by atoms with Crippen LogP contribution in [0.4, 0.5) is 11.4 Å². The number of carbonyl (C=O) groups is 2. The summed E-state index contributed by atoms with van der Waals surface area (Å²) in [6, 6.07) is 15.9. The largest absolute Gasteiger partial charge is 0.492 e. The van der Waals surface area contributed by atoms with E-state index in [-0.39, 0.29) is 11.8 Å². The van der Waals surface area contributed by atoms with Gasteiger partial charge in [-0.05, 0) is 43.2 Å². The highest BCUT2D eigenvalue weighted by Crippen LogP contribution is 2.29. The van der Waals surface area contributed by atoms with E-state index in [1.165, 1.54) is 0 Å². The van der Waals surface area contributed by atoms with Gasteiger partial charge < -0.3 is 19.4 Å².